The van der Waals surface area contributed by atoms with Crippen LogP contribution in [0.2, 0.25) is 0 Å². The average Bonchev–Trinajstić information content (AvgIpc) is 3.53. The molecule has 0 aliphatic carbocycles. The molecule has 3 aromatic rings. The van der Waals surface area contributed by atoms with E-state index in [0.717, 1.165) is 40.1 Å². The predicted octanol–water partition coefficient (Wildman–Crippen LogP) is -8.09. The number of aliphatic hydroxyl groups is 2. The smallest absolute Gasteiger partial charge is 0.857 e. The molecule has 2 aromatic carbocycles. The van der Waals surface area contributed by atoms with Gasteiger partial charge in [0.05, 0.1) is 66.0 Å². The molecule has 0 saturated heterocycles. The number of carbonyl (C=O) groups excluding carboxylic acids is 1. The van der Waals surface area contributed by atoms with E-state index < -0.39 is 85.3 Å². The van der Waals surface area contributed by atoms with Crippen LogP contribution in [0, 0.1) is 0 Å². The van der Waals surface area contributed by atoms with Gasteiger partial charge in [0, 0.05) is 11.8 Å². The summed E-state index contributed by atoms with van der Waals surface area (Å²) in [5.74, 6) is -2.87. The second-order valence-electron chi connectivity index (χ2n) is 10.0. The molecule has 0 unspecified atom stereocenters. The van der Waals surface area contributed by atoms with Gasteiger partial charge in [0.15, 0.2) is 0 Å². The van der Waals surface area contributed by atoms with Gasteiger partial charge in [-0.05, 0) is 35.4 Å². The molecular formula is C29H28N6Na2O12S2. The van der Waals surface area contributed by atoms with Gasteiger partial charge in [-0.1, -0.05) is 42.5 Å². The van der Waals surface area contributed by atoms with E-state index in [1.54, 1.807) is 0 Å². The normalized spacial score (nSPS) is 14.9. The number of amides is 1. The van der Waals surface area contributed by atoms with Crippen LogP contribution in [0.4, 0.5) is 0 Å². The summed E-state index contributed by atoms with van der Waals surface area (Å²) < 4.78 is 67.5. The molecule has 1 aliphatic rings. The number of aliphatic imine (C=N–C) groups is 2. The van der Waals surface area contributed by atoms with Gasteiger partial charge >= 0.3 is 59.1 Å². The number of nitrogens with one attached hydrogen (secondary N) is 1. The molecule has 2 heterocycles. The molecule has 18 nitrogen and oxygen atoms in total. The molecule has 0 spiro atoms. The number of benzene rings is 2. The van der Waals surface area contributed by atoms with Gasteiger partial charge in [0.2, 0.25) is 0 Å². The van der Waals surface area contributed by atoms with Crippen LogP contribution in [0.5, 0.6) is 0 Å². The molecule has 0 saturated carbocycles. The summed E-state index contributed by atoms with van der Waals surface area (Å²) >= 11 is 0. The summed E-state index contributed by atoms with van der Waals surface area (Å²) in [7, 11) is -9.38. The summed E-state index contributed by atoms with van der Waals surface area (Å²) in [6, 6.07) is 10.5. The van der Waals surface area contributed by atoms with Crippen molar-refractivity contribution in [2.24, 2.45) is 15.1 Å². The summed E-state index contributed by atoms with van der Waals surface area (Å²) in [6.45, 7) is -2.56. The molecule has 0 atom stereocenters. The van der Waals surface area contributed by atoms with E-state index in [1.165, 1.54) is 36.4 Å². The van der Waals surface area contributed by atoms with E-state index in [1.807, 2.05) is 0 Å². The van der Waals surface area contributed by atoms with Crippen LogP contribution in [-0.2, 0) is 38.1 Å². The minimum absolute atomic E-state index is 0. The van der Waals surface area contributed by atoms with Crippen LogP contribution in [0.15, 0.2) is 95.9 Å². The van der Waals surface area contributed by atoms with Crippen molar-refractivity contribution < 1.29 is 110 Å². The van der Waals surface area contributed by atoms with E-state index >= 15 is 0 Å². The van der Waals surface area contributed by atoms with Crippen molar-refractivity contribution in [2.45, 2.75) is 22.9 Å². The number of hydrazone groups is 1. The molecule has 1 aromatic heterocycles. The maximum atomic E-state index is 13.4. The van der Waals surface area contributed by atoms with E-state index in [4.69, 9.17) is 10.2 Å². The Balaban J connectivity index is 0.00000451. The number of nitrogens with zero attached hydrogens (tertiary/aromatic N) is 5. The van der Waals surface area contributed by atoms with Crippen LogP contribution in [0.25, 0.3) is 6.08 Å². The fraction of sp³-hybridized carbons (Fsp3) is 0.207. The second-order valence-corrected chi connectivity index (χ2v) is 12.8. The first-order valence-electron chi connectivity index (χ1n) is 14.1. The predicted molar refractivity (Wildman–Crippen MR) is 170 cm³/mol. The minimum atomic E-state index is -4.69. The maximum absolute atomic E-state index is 13.4. The van der Waals surface area contributed by atoms with Gasteiger partial charge in [-0.25, -0.2) is 9.69 Å². The van der Waals surface area contributed by atoms with Gasteiger partial charge in [0.25, 0.3) is 31.7 Å². The van der Waals surface area contributed by atoms with Crippen LogP contribution in [0.3, 0.4) is 0 Å². The van der Waals surface area contributed by atoms with Crippen molar-refractivity contribution in [3.63, 3.8) is 0 Å². The minimum Gasteiger partial charge on any atom is -0.857 e. The monoisotopic (exact) mass is 762 g/mol. The van der Waals surface area contributed by atoms with Crippen LogP contribution in [0.1, 0.15) is 22.4 Å². The number of carbonyl (C=O) groups is 1. The fourth-order valence-electron chi connectivity index (χ4n) is 4.60. The van der Waals surface area contributed by atoms with Crippen molar-refractivity contribution in [3.8, 4) is 0 Å². The summed E-state index contributed by atoms with van der Waals surface area (Å²) in [4.78, 5) is 33.1. The first-order chi connectivity index (χ1) is 23.2. The Morgan fingerprint density at radius 3 is 1.86 bits per heavy atom. The van der Waals surface area contributed by atoms with Gasteiger partial charge in [0.1, 0.15) is 5.71 Å². The van der Waals surface area contributed by atoms with Gasteiger partial charge < -0.3 is 20.4 Å². The molecule has 1 aliphatic heterocycles. The first kappa shape index (κ1) is 43.9. The molecule has 0 radical (unpaired) electrons. The molecule has 51 heavy (non-hydrogen) atoms. The average molecular weight is 763 g/mol. The van der Waals surface area contributed by atoms with Crippen LogP contribution in [-0.4, -0.2) is 101 Å². The number of hydrogen-bond donors (Lipinski definition) is 5. The third kappa shape index (κ3) is 10.9. The Bertz CT molecular complexity index is 2190. The molecule has 22 heteroatoms. The van der Waals surface area contributed by atoms with E-state index in [2.05, 4.69) is 20.2 Å². The standard InChI is InChI=1S/C29H30N6O12S2.2Na/c36-14-12-30-26(38)24-20(28(40)34(32-24)16-18-6-1-3-10-22(18)48(42,43)44)8-5-9-21-25(27(39)31-13-15-37)33-35(29(21)41)17-19-7-2-4-11-23(19)49(45,46)47;;/h1-11,32,36-37H,12-17H2,(H,30,38)(H,31,39)(H,42,43,44)(H,45,46,47);;/q;2*+1/p-2. The number of aliphatic hydroxyl groups excluding tert-OH is 2. The Morgan fingerprint density at radius 1 is 0.824 bits per heavy atom. The largest absolute Gasteiger partial charge is 1.00 e. The van der Waals surface area contributed by atoms with E-state index in [9.17, 15) is 45.7 Å². The SMILES string of the molecule is O=C1C(=CC=Cc2c(C([O-])=NCCO)[nH]n(Cc3ccccc3S(=O)(=O)O)c2=O)C(C([O-])=NCCO)=NN1Cc1ccccc1S(=O)(=O)O.[Na+].[Na+]. The Hall–Kier alpha value is -3.25. The topological polar surface area (TPSA) is 290 Å². The molecule has 5 N–H and O–H groups in total. The number of aromatic amines is 1. The van der Waals surface area contributed by atoms with E-state index in [0.29, 0.717) is 0 Å². The number of aromatic nitrogens is 2. The molecule has 4 rings (SSSR count). The zero-order chi connectivity index (χ0) is 35.9. The van der Waals surface area contributed by atoms with Crippen molar-refractivity contribution in [1.29, 1.82) is 0 Å². The summed E-state index contributed by atoms with van der Waals surface area (Å²) in [6.07, 6.45) is 3.29. The Kier molecular flexibility index (Phi) is 16.4. The third-order valence-corrected chi connectivity index (χ3v) is 8.64. The Labute approximate surface area is 335 Å². The number of allylic oxidation sites excluding steroid dienone is 2. The number of hydrogen-bond acceptors (Lipinski definition) is 13. The third-order valence-electron chi connectivity index (χ3n) is 6.73. The number of rotatable bonds is 14. The first-order valence-corrected chi connectivity index (χ1v) is 16.9. The molecule has 0 bridgehead atoms. The number of H-pyrrole nitrogens is 1. The fourth-order valence-corrected chi connectivity index (χ4v) is 6.03. The summed E-state index contributed by atoms with van der Waals surface area (Å²) in [5.41, 5.74) is -2.43. The van der Waals surface area contributed by atoms with Gasteiger partial charge in [-0.15, -0.1) is 0 Å². The second kappa shape index (κ2) is 19.0. The molecule has 0 fully saturated rings. The quantitative estimate of drug-likeness (QED) is 0.0337. The zero-order valence-electron chi connectivity index (χ0n) is 27.2. The van der Waals surface area contributed by atoms with Crippen molar-refractivity contribution >= 4 is 49.7 Å². The summed E-state index contributed by atoms with van der Waals surface area (Å²) in [5, 5.41) is 51.1. The van der Waals surface area contributed by atoms with Crippen molar-refractivity contribution in [2.75, 3.05) is 26.3 Å². The van der Waals surface area contributed by atoms with Crippen molar-refractivity contribution in [1.82, 2.24) is 14.8 Å². The molecule has 1 amide bonds. The molecular weight excluding hydrogens is 734 g/mol. The van der Waals surface area contributed by atoms with Crippen LogP contribution >= 0.6 is 0 Å². The van der Waals surface area contributed by atoms with Crippen molar-refractivity contribution in [3.05, 3.63) is 99.0 Å². The Morgan fingerprint density at radius 2 is 1.33 bits per heavy atom. The maximum Gasteiger partial charge on any atom is 1.00 e. The zero-order valence-corrected chi connectivity index (χ0v) is 32.8. The van der Waals surface area contributed by atoms with Crippen LogP contribution < -0.4 is 74.9 Å². The van der Waals surface area contributed by atoms with E-state index in [-0.39, 0.29) is 100 Å². The van der Waals surface area contributed by atoms with Gasteiger partial charge in [-0.2, -0.15) is 21.9 Å². The van der Waals surface area contributed by atoms with Gasteiger partial charge in [-0.3, -0.25) is 33.8 Å². The molecule has 260 valence electrons.